The molecule has 28 heavy (non-hydrogen) atoms. The highest BCUT2D eigenvalue weighted by Crippen LogP contribution is 2.43. The molecule has 2 aromatic carbocycles. The highest BCUT2D eigenvalue weighted by Gasteiger charge is 2.22. The van der Waals surface area contributed by atoms with Gasteiger partial charge in [0.25, 0.3) is 0 Å². The number of carbonyl (C=O) groups is 2. The Kier molecular flexibility index (Phi) is 5.02. The molecule has 0 saturated carbocycles. The first kappa shape index (κ1) is 18.8. The molecule has 0 aliphatic heterocycles. The normalized spacial score (nSPS) is 11.1. The zero-order valence-corrected chi connectivity index (χ0v) is 16.9. The van der Waals surface area contributed by atoms with Crippen LogP contribution in [0.15, 0.2) is 42.6 Å². The Morgan fingerprint density at radius 3 is 2.64 bits per heavy atom. The maximum atomic E-state index is 12.5. The monoisotopic (exact) mass is 433 g/mol. The van der Waals surface area contributed by atoms with Crippen LogP contribution in [-0.2, 0) is 4.74 Å². The van der Waals surface area contributed by atoms with Crippen molar-refractivity contribution in [1.82, 2.24) is 4.98 Å². The second-order valence-electron chi connectivity index (χ2n) is 5.95. The fourth-order valence-corrected chi connectivity index (χ4v) is 4.73. The van der Waals surface area contributed by atoms with Gasteiger partial charge in [0.05, 0.1) is 16.8 Å². The Balaban J connectivity index is 1.56. The molecule has 5 nitrogen and oxygen atoms in total. The van der Waals surface area contributed by atoms with E-state index < -0.39 is 5.97 Å². The van der Waals surface area contributed by atoms with Gasteiger partial charge < -0.3 is 14.5 Å². The highest BCUT2D eigenvalue weighted by atomic mass is 35.5. The van der Waals surface area contributed by atoms with Crippen LogP contribution in [0.5, 0.6) is 5.75 Å². The van der Waals surface area contributed by atoms with Gasteiger partial charge in [-0.2, -0.15) is 0 Å². The Morgan fingerprint density at radius 2 is 1.86 bits per heavy atom. The van der Waals surface area contributed by atoms with Gasteiger partial charge in [0, 0.05) is 28.0 Å². The summed E-state index contributed by atoms with van der Waals surface area (Å²) < 4.78 is 11.0. The molecule has 0 saturated heterocycles. The first-order valence-electron chi connectivity index (χ1n) is 8.22. The second-order valence-corrected chi connectivity index (χ2v) is 7.73. The van der Waals surface area contributed by atoms with Crippen molar-refractivity contribution in [3.63, 3.8) is 0 Å². The third kappa shape index (κ3) is 3.13. The molecule has 2 heterocycles. The Labute approximate surface area is 173 Å². The molecule has 0 aliphatic carbocycles. The zero-order valence-electron chi connectivity index (χ0n) is 14.5. The van der Waals surface area contributed by atoms with E-state index in [4.69, 9.17) is 32.7 Å². The molecule has 4 rings (SSSR count). The largest absolute Gasteiger partial charge is 0.495 e. The zero-order chi connectivity index (χ0) is 19.8. The van der Waals surface area contributed by atoms with E-state index >= 15 is 0 Å². The molecule has 142 valence electrons. The molecule has 1 N–H and O–H groups in total. The van der Waals surface area contributed by atoms with E-state index in [0.717, 1.165) is 22.2 Å². The van der Waals surface area contributed by atoms with Crippen LogP contribution < -0.4 is 4.74 Å². The topological polar surface area (TPSA) is 68.4 Å². The van der Waals surface area contributed by atoms with Gasteiger partial charge in [-0.25, -0.2) is 4.79 Å². The lowest BCUT2D eigenvalue weighted by molar-refractivity contribution is 0.0480. The predicted molar refractivity (Wildman–Crippen MR) is 111 cm³/mol. The van der Waals surface area contributed by atoms with Crippen molar-refractivity contribution >= 4 is 67.3 Å². The van der Waals surface area contributed by atoms with Crippen molar-refractivity contribution in [2.24, 2.45) is 0 Å². The number of para-hydroxylation sites is 1. The summed E-state index contributed by atoms with van der Waals surface area (Å²) in [5.41, 5.74) is 1.31. The minimum atomic E-state index is -0.672. The quantitative estimate of drug-likeness (QED) is 0.321. The number of Topliss-reactive ketones (excluding diaryl/α,β-unsaturated/α-hetero) is 1. The third-order valence-corrected chi connectivity index (χ3v) is 6.53. The molecule has 0 atom stereocenters. The number of thiophene rings is 1. The lowest BCUT2D eigenvalue weighted by atomic mass is 10.1. The van der Waals surface area contributed by atoms with Crippen LogP contribution in [-0.4, -0.2) is 30.5 Å². The number of halogens is 2. The summed E-state index contributed by atoms with van der Waals surface area (Å²) in [6.07, 6.45) is 1.61. The number of aromatic nitrogens is 1. The van der Waals surface area contributed by atoms with Crippen molar-refractivity contribution in [2.75, 3.05) is 13.7 Å². The molecule has 0 radical (unpaired) electrons. The molecular weight excluding hydrogens is 421 g/mol. The number of methoxy groups -OCH3 is 1. The first-order valence-corrected chi connectivity index (χ1v) is 9.79. The average molecular weight is 434 g/mol. The number of nitrogens with one attached hydrogen (secondary N) is 1. The molecule has 0 spiro atoms. The van der Waals surface area contributed by atoms with Gasteiger partial charge in [-0.05, 0) is 18.2 Å². The molecule has 0 bridgehead atoms. The van der Waals surface area contributed by atoms with E-state index in [1.54, 1.807) is 18.3 Å². The summed E-state index contributed by atoms with van der Waals surface area (Å²) in [6.45, 7) is -0.387. The van der Waals surface area contributed by atoms with Gasteiger partial charge in [-0.1, -0.05) is 41.4 Å². The maximum absolute atomic E-state index is 12.5. The first-order chi connectivity index (χ1) is 13.5. The van der Waals surface area contributed by atoms with Crippen molar-refractivity contribution in [1.29, 1.82) is 0 Å². The van der Waals surface area contributed by atoms with Crippen LogP contribution in [0, 0.1) is 0 Å². The number of benzene rings is 2. The lowest BCUT2D eigenvalue weighted by Gasteiger charge is -2.03. The SMILES string of the molecule is COc1ccc2c(Cl)c(C(=O)OCC(=O)c3c[nH]c4ccccc34)sc2c1Cl. The maximum Gasteiger partial charge on any atom is 0.350 e. The third-order valence-electron chi connectivity index (χ3n) is 4.33. The summed E-state index contributed by atoms with van der Waals surface area (Å²) in [5.74, 6) is -0.487. The summed E-state index contributed by atoms with van der Waals surface area (Å²) in [4.78, 5) is 28.2. The van der Waals surface area contributed by atoms with Crippen molar-refractivity contribution in [3.05, 3.63) is 63.1 Å². The molecule has 0 fully saturated rings. The standard InChI is InChI=1S/C20H13Cl2NO4S/c1-26-15-7-6-11-16(21)19(28-18(11)17(15)22)20(25)27-9-14(24)12-8-23-13-5-3-2-4-10(12)13/h2-8,23H,9H2,1H3. The van der Waals surface area contributed by atoms with Crippen LogP contribution >= 0.6 is 34.5 Å². The molecule has 4 aromatic rings. The Bertz CT molecular complexity index is 1230. The number of aromatic amines is 1. The van der Waals surface area contributed by atoms with E-state index in [1.165, 1.54) is 7.11 Å². The highest BCUT2D eigenvalue weighted by molar-refractivity contribution is 7.22. The number of hydrogen-bond acceptors (Lipinski definition) is 5. The van der Waals surface area contributed by atoms with Gasteiger partial charge in [0.2, 0.25) is 5.78 Å². The van der Waals surface area contributed by atoms with Crippen molar-refractivity contribution in [2.45, 2.75) is 0 Å². The Hall–Kier alpha value is -2.54. The van der Waals surface area contributed by atoms with Crippen LogP contribution in [0.1, 0.15) is 20.0 Å². The van der Waals surface area contributed by atoms with E-state index in [0.29, 0.717) is 26.4 Å². The fraction of sp³-hybridized carbons (Fsp3) is 0.100. The average Bonchev–Trinajstić information content (AvgIpc) is 3.28. The van der Waals surface area contributed by atoms with Gasteiger partial charge in [0.1, 0.15) is 15.6 Å². The van der Waals surface area contributed by atoms with Gasteiger partial charge in [-0.15, -0.1) is 11.3 Å². The van der Waals surface area contributed by atoms with Gasteiger partial charge in [0.15, 0.2) is 6.61 Å². The minimum absolute atomic E-state index is 0.193. The van der Waals surface area contributed by atoms with Gasteiger partial charge in [-0.3, -0.25) is 4.79 Å². The summed E-state index contributed by atoms with van der Waals surface area (Å²) >= 11 is 13.7. The van der Waals surface area contributed by atoms with Crippen LogP contribution in [0.25, 0.3) is 21.0 Å². The van der Waals surface area contributed by atoms with Gasteiger partial charge >= 0.3 is 5.97 Å². The minimum Gasteiger partial charge on any atom is -0.495 e. The molecular formula is C20H13Cl2NO4S. The number of esters is 1. The number of hydrogen-bond donors (Lipinski definition) is 1. The van der Waals surface area contributed by atoms with Crippen molar-refractivity contribution in [3.8, 4) is 5.75 Å². The van der Waals surface area contributed by atoms with Crippen molar-refractivity contribution < 1.29 is 19.1 Å². The van der Waals surface area contributed by atoms with E-state index in [1.807, 2.05) is 24.3 Å². The molecule has 0 amide bonds. The number of rotatable bonds is 5. The smallest absolute Gasteiger partial charge is 0.350 e. The van der Waals surface area contributed by atoms with Crippen LogP contribution in [0.3, 0.4) is 0 Å². The van der Waals surface area contributed by atoms with Crippen LogP contribution in [0.2, 0.25) is 10.0 Å². The number of fused-ring (bicyclic) bond motifs is 2. The summed E-state index contributed by atoms with van der Waals surface area (Å²) in [5, 5.41) is 2.03. The molecule has 0 unspecified atom stereocenters. The number of H-pyrrole nitrogens is 1. The summed E-state index contributed by atoms with van der Waals surface area (Å²) in [6, 6.07) is 10.8. The predicted octanol–water partition coefficient (Wildman–Crippen LogP) is 5.74. The molecule has 2 aromatic heterocycles. The van der Waals surface area contributed by atoms with E-state index in [2.05, 4.69) is 4.98 Å². The Morgan fingerprint density at radius 1 is 1.07 bits per heavy atom. The fourth-order valence-electron chi connectivity index (χ4n) is 2.95. The summed E-state index contributed by atoms with van der Waals surface area (Å²) in [7, 11) is 1.51. The number of carbonyl (C=O) groups excluding carboxylic acids is 2. The lowest BCUT2D eigenvalue weighted by Crippen LogP contribution is -2.13. The second kappa shape index (κ2) is 7.47. The molecule has 8 heteroatoms. The number of ether oxygens (including phenoxy) is 2. The number of ketones is 1. The van der Waals surface area contributed by atoms with E-state index in [-0.39, 0.29) is 22.3 Å². The van der Waals surface area contributed by atoms with Crippen LogP contribution in [0.4, 0.5) is 0 Å². The van der Waals surface area contributed by atoms with E-state index in [9.17, 15) is 9.59 Å². The molecule has 0 aliphatic rings.